The molecular formula is C3H7BrO4S. The van der Waals surface area contributed by atoms with Gasteiger partial charge in [-0.2, -0.15) is 8.42 Å². The molecule has 2 N–H and O–H groups in total. The Morgan fingerprint density at radius 3 is 2.11 bits per heavy atom. The van der Waals surface area contributed by atoms with Gasteiger partial charge in [0.05, 0.1) is 0 Å². The van der Waals surface area contributed by atoms with Crippen LogP contribution < -0.4 is 0 Å². The van der Waals surface area contributed by atoms with Crippen molar-refractivity contribution in [3.63, 3.8) is 0 Å². The minimum absolute atomic E-state index is 0.00116. The van der Waals surface area contributed by atoms with Crippen molar-refractivity contribution in [2.45, 2.75) is 10.6 Å². The van der Waals surface area contributed by atoms with Crippen LogP contribution in [-0.4, -0.2) is 28.8 Å². The number of halogens is 1. The molecular weight excluding hydrogens is 212 g/mol. The van der Waals surface area contributed by atoms with Crippen LogP contribution in [-0.2, 0) is 10.1 Å². The quantitative estimate of drug-likeness (QED) is 0.516. The molecule has 1 unspecified atom stereocenters. The maximum absolute atomic E-state index is 10.1. The molecule has 1 atom stereocenters. The van der Waals surface area contributed by atoms with Crippen LogP contribution in [0.25, 0.3) is 0 Å². The third-order valence-electron chi connectivity index (χ3n) is 0.679. The van der Waals surface area contributed by atoms with Crippen LogP contribution in [0.1, 0.15) is 6.42 Å². The Balaban J connectivity index is 3.90. The Kier molecular flexibility index (Phi) is 3.64. The second-order valence-corrected chi connectivity index (χ2v) is 4.75. The molecule has 0 aromatic heterocycles. The number of aliphatic hydroxyl groups excluding tert-OH is 1. The second kappa shape index (κ2) is 3.50. The summed E-state index contributed by atoms with van der Waals surface area (Å²) in [7, 11) is -4.01. The van der Waals surface area contributed by atoms with Crippen LogP contribution >= 0.6 is 15.9 Å². The fraction of sp³-hybridized carbons (Fsp3) is 1.00. The molecule has 0 saturated heterocycles. The Labute approximate surface area is 61.8 Å². The van der Waals surface area contributed by atoms with E-state index in [0.29, 0.717) is 0 Å². The van der Waals surface area contributed by atoms with Crippen molar-refractivity contribution in [1.29, 1.82) is 0 Å². The highest BCUT2D eigenvalue weighted by atomic mass is 79.9. The lowest BCUT2D eigenvalue weighted by Gasteiger charge is -2.01. The molecule has 0 heterocycles. The van der Waals surface area contributed by atoms with E-state index in [9.17, 15) is 8.42 Å². The number of aliphatic hydroxyl groups is 1. The molecule has 0 spiro atoms. The van der Waals surface area contributed by atoms with E-state index in [0.717, 1.165) is 0 Å². The summed E-state index contributed by atoms with van der Waals surface area (Å²) in [5.74, 6) is 0. The molecule has 56 valence electrons. The molecule has 0 rings (SSSR count). The zero-order valence-electron chi connectivity index (χ0n) is 4.49. The third kappa shape index (κ3) is 3.85. The van der Waals surface area contributed by atoms with Crippen LogP contribution in [0.5, 0.6) is 0 Å². The van der Waals surface area contributed by atoms with Crippen LogP contribution in [0, 0.1) is 0 Å². The highest BCUT2D eigenvalue weighted by Crippen LogP contribution is 2.10. The minimum atomic E-state index is -4.01. The summed E-state index contributed by atoms with van der Waals surface area (Å²) >= 11 is 2.66. The van der Waals surface area contributed by atoms with E-state index in [-0.39, 0.29) is 13.0 Å². The van der Waals surface area contributed by atoms with Crippen molar-refractivity contribution in [3.8, 4) is 0 Å². The zero-order chi connectivity index (χ0) is 7.49. The zero-order valence-corrected chi connectivity index (χ0v) is 6.89. The van der Waals surface area contributed by atoms with Gasteiger partial charge in [0, 0.05) is 6.61 Å². The molecule has 4 nitrogen and oxygen atoms in total. The van der Waals surface area contributed by atoms with Crippen molar-refractivity contribution >= 4 is 26.0 Å². The van der Waals surface area contributed by atoms with Gasteiger partial charge in [0.1, 0.15) is 4.16 Å². The Morgan fingerprint density at radius 1 is 1.56 bits per heavy atom. The van der Waals surface area contributed by atoms with E-state index in [1.54, 1.807) is 0 Å². The van der Waals surface area contributed by atoms with Crippen molar-refractivity contribution < 1.29 is 18.1 Å². The molecule has 0 aromatic rings. The third-order valence-corrected chi connectivity index (χ3v) is 3.44. The highest BCUT2D eigenvalue weighted by Gasteiger charge is 2.17. The summed E-state index contributed by atoms with van der Waals surface area (Å²) < 4.78 is 27.4. The average molecular weight is 219 g/mol. The molecule has 9 heavy (non-hydrogen) atoms. The monoisotopic (exact) mass is 218 g/mol. The van der Waals surface area contributed by atoms with E-state index < -0.39 is 14.3 Å². The van der Waals surface area contributed by atoms with Crippen LogP contribution in [0.3, 0.4) is 0 Å². The van der Waals surface area contributed by atoms with Crippen molar-refractivity contribution in [3.05, 3.63) is 0 Å². The first-order valence-electron chi connectivity index (χ1n) is 2.19. The van der Waals surface area contributed by atoms with Gasteiger partial charge < -0.3 is 5.11 Å². The molecule has 0 bridgehead atoms. The minimum Gasteiger partial charge on any atom is -0.396 e. The molecule has 0 aliphatic heterocycles. The summed E-state index contributed by atoms with van der Waals surface area (Å²) in [6.45, 7) is -0.268. The Hall–Kier alpha value is 0.350. The van der Waals surface area contributed by atoms with Gasteiger partial charge in [0.15, 0.2) is 0 Å². The molecule has 0 aliphatic rings. The van der Waals surface area contributed by atoms with Gasteiger partial charge >= 0.3 is 0 Å². The van der Waals surface area contributed by atoms with E-state index >= 15 is 0 Å². The van der Waals surface area contributed by atoms with E-state index in [1.165, 1.54) is 0 Å². The predicted octanol–water partition coefficient (Wildman–Crippen LogP) is -0.0224. The Morgan fingerprint density at radius 2 is 2.00 bits per heavy atom. The van der Waals surface area contributed by atoms with E-state index in [1.807, 2.05) is 0 Å². The summed E-state index contributed by atoms with van der Waals surface area (Å²) in [5.41, 5.74) is 0. The van der Waals surface area contributed by atoms with Gasteiger partial charge in [-0.1, -0.05) is 15.9 Å². The SMILES string of the molecule is O=S(=O)(O)C(Br)CCO. The van der Waals surface area contributed by atoms with Gasteiger partial charge in [-0.3, -0.25) is 4.55 Å². The fourth-order valence-corrected chi connectivity index (χ4v) is 0.858. The number of hydrogen-bond acceptors (Lipinski definition) is 3. The predicted molar refractivity (Wildman–Crippen MR) is 36.0 cm³/mol. The first-order chi connectivity index (χ1) is 3.98. The lowest BCUT2D eigenvalue weighted by Crippen LogP contribution is -2.14. The maximum Gasteiger partial charge on any atom is 0.277 e. The Bertz CT molecular complexity index is 163. The highest BCUT2D eigenvalue weighted by molar-refractivity contribution is 9.11. The summed E-state index contributed by atoms with van der Waals surface area (Å²) in [5, 5.41) is 8.19. The number of rotatable bonds is 3. The first-order valence-corrected chi connectivity index (χ1v) is 4.61. The van der Waals surface area contributed by atoms with Crippen molar-refractivity contribution in [1.82, 2.24) is 0 Å². The standard InChI is InChI=1S/C3H7BrO4S/c4-3(1-2-5)9(6,7)8/h3,5H,1-2H2,(H,6,7,8). The van der Waals surface area contributed by atoms with Gasteiger partial charge in [-0.05, 0) is 6.42 Å². The van der Waals surface area contributed by atoms with E-state index in [4.69, 9.17) is 9.66 Å². The van der Waals surface area contributed by atoms with Crippen molar-refractivity contribution in [2.75, 3.05) is 6.61 Å². The topological polar surface area (TPSA) is 74.6 Å². The fourth-order valence-electron chi connectivity index (χ4n) is 0.250. The van der Waals surface area contributed by atoms with Gasteiger partial charge in [0.25, 0.3) is 10.1 Å². The lowest BCUT2D eigenvalue weighted by molar-refractivity contribution is 0.292. The van der Waals surface area contributed by atoms with Gasteiger partial charge in [0.2, 0.25) is 0 Å². The first kappa shape index (κ1) is 9.35. The number of alkyl halides is 1. The summed E-state index contributed by atoms with van der Waals surface area (Å²) in [4.78, 5) is 0. The molecule has 0 amide bonds. The average Bonchev–Trinajstić information content (AvgIpc) is 1.64. The van der Waals surface area contributed by atoms with Crippen LogP contribution in [0.2, 0.25) is 0 Å². The molecule has 0 aliphatic carbocycles. The van der Waals surface area contributed by atoms with Gasteiger partial charge in [-0.15, -0.1) is 0 Å². The molecule has 0 saturated carbocycles. The summed E-state index contributed by atoms with van der Waals surface area (Å²) in [6, 6.07) is 0. The molecule has 0 fully saturated rings. The molecule has 0 radical (unpaired) electrons. The number of hydrogen-bond donors (Lipinski definition) is 2. The van der Waals surface area contributed by atoms with Crippen LogP contribution in [0.15, 0.2) is 0 Å². The maximum atomic E-state index is 10.1. The second-order valence-electron chi connectivity index (χ2n) is 1.44. The smallest absolute Gasteiger partial charge is 0.277 e. The normalized spacial score (nSPS) is 15.4. The largest absolute Gasteiger partial charge is 0.396 e. The van der Waals surface area contributed by atoms with Crippen molar-refractivity contribution in [2.24, 2.45) is 0 Å². The molecule has 0 aromatic carbocycles. The van der Waals surface area contributed by atoms with E-state index in [2.05, 4.69) is 15.9 Å². The lowest BCUT2D eigenvalue weighted by atomic mass is 10.5. The van der Waals surface area contributed by atoms with Gasteiger partial charge in [-0.25, -0.2) is 0 Å². The molecule has 6 heteroatoms. The summed E-state index contributed by atoms with van der Waals surface area (Å²) in [6.07, 6.45) is -0.00116. The van der Waals surface area contributed by atoms with Crippen LogP contribution in [0.4, 0.5) is 0 Å².